The summed E-state index contributed by atoms with van der Waals surface area (Å²) in [4.78, 5) is 29.4. The van der Waals surface area contributed by atoms with E-state index in [1.165, 1.54) is 7.11 Å². The molecule has 6 nitrogen and oxygen atoms in total. The van der Waals surface area contributed by atoms with E-state index in [2.05, 4.69) is 4.57 Å². The van der Waals surface area contributed by atoms with Crippen LogP contribution in [0.4, 0.5) is 0 Å². The van der Waals surface area contributed by atoms with E-state index >= 15 is 0 Å². The Balaban J connectivity index is 1.94. The largest absolute Gasteiger partial charge is 0.375 e. The lowest BCUT2D eigenvalue weighted by atomic mass is 9.99. The van der Waals surface area contributed by atoms with Crippen LogP contribution in [0.5, 0.6) is 0 Å². The molecule has 0 saturated heterocycles. The molecule has 1 aliphatic rings. The Morgan fingerprint density at radius 1 is 1.17 bits per heavy atom. The van der Waals surface area contributed by atoms with Gasteiger partial charge in [0.05, 0.1) is 6.04 Å². The number of carbonyl (C=O) groups excluding carboxylic acids is 2. The number of ether oxygens (including phenoxy) is 1. The van der Waals surface area contributed by atoms with Crippen LogP contribution in [0.15, 0.2) is 42.6 Å². The van der Waals surface area contributed by atoms with Crippen LogP contribution in [0.25, 0.3) is 0 Å². The van der Waals surface area contributed by atoms with Gasteiger partial charge in [-0.1, -0.05) is 29.8 Å². The first-order valence-electron chi connectivity index (χ1n) is 9.72. The van der Waals surface area contributed by atoms with Gasteiger partial charge in [0.2, 0.25) is 11.8 Å². The molecule has 29 heavy (non-hydrogen) atoms. The lowest BCUT2D eigenvalue weighted by molar-refractivity contribution is -0.148. The number of benzene rings is 1. The molecule has 1 unspecified atom stereocenters. The lowest BCUT2D eigenvalue weighted by Crippen LogP contribution is -2.54. The van der Waals surface area contributed by atoms with Gasteiger partial charge in [-0.25, -0.2) is 0 Å². The van der Waals surface area contributed by atoms with E-state index in [-0.39, 0.29) is 31.0 Å². The number of halogens is 1. The Labute approximate surface area is 177 Å². The van der Waals surface area contributed by atoms with Crippen molar-refractivity contribution in [1.29, 1.82) is 0 Å². The molecule has 156 valence electrons. The minimum absolute atomic E-state index is 0.00659. The van der Waals surface area contributed by atoms with E-state index in [9.17, 15) is 9.59 Å². The average molecular weight is 418 g/mol. The van der Waals surface area contributed by atoms with Crippen LogP contribution in [-0.2, 0) is 20.9 Å². The SMILES string of the molecule is COCC(=O)N(CC(=O)N1CCn2cccc2C1c1ccccc1Cl)C(C)(C)C. The molecular formula is C22H28ClN3O3. The molecule has 1 atom stereocenters. The van der Waals surface area contributed by atoms with Crippen molar-refractivity contribution >= 4 is 23.4 Å². The molecule has 1 aromatic heterocycles. The van der Waals surface area contributed by atoms with Crippen LogP contribution in [0, 0.1) is 0 Å². The molecule has 0 radical (unpaired) electrons. The Bertz CT molecular complexity index is 887. The number of rotatable bonds is 5. The predicted molar refractivity (Wildman–Crippen MR) is 113 cm³/mol. The molecule has 0 saturated carbocycles. The van der Waals surface area contributed by atoms with Gasteiger partial charge in [-0.05, 0) is 44.5 Å². The number of methoxy groups -OCH3 is 1. The van der Waals surface area contributed by atoms with Crippen LogP contribution in [0.2, 0.25) is 5.02 Å². The molecule has 0 bridgehead atoms. The number of amides is 2. The molecular weight excluding hydrogens is 390 g/mol. The quantitative estimate of drug-likeness (QED) is 0.749. The van der Waals surface area contributed by atoms with E-state index in [4.69, 9.17) is 16.3 Å². The number of fused-ring (bicyclic) bond motifs is 1. The molecule has 0 N–H and O–H groups in total. The number of hydrogen-bond donors (Lipinski definition) is 0. The first-order chi connectivity index (χ1) is 13.7. The summed E-state index contributed by atoms with van der Waals surface area (Å²) in [5, 5.41) is 0.619. The molecule has 7 heteroatoms. The Morgan fingerprint density at radius 2 is 1.90 bits per heavy atom. The third kappa shape index (κ3) is 4.49. The zero-order chi connectivity index (χ0) is 21.2. The molecule has 1 aromatic carbocycles. The fraction of sp³-hybridized carbons (Fsp3) is 0.455. The van der Waals surface area contributed by atoms with E-state index in [0.29, 0.717) is 18.1 Å². The third-order valence-corrected chi connectivity index (χ3v) is 5.57. The standard InChI is InChI=1S/C22H28ClN3O3/c1-22(2,3)26(20(28)15-29-4)14-19(27)25-13-12-24-11-7-10-18(24)21(25)16-8-5-6-9-17(16)23/h5-11,21H,12-15H2,1-4H3. The van der Waals surface area contributed by atoms with Crippen molar-refractivity contribution in [2.75, 3.05) is 26.8 Å². The second-order valence-corrected chi connectivity index (χ2v) is 8.63. The fourth-order valence-corrected chi connectivity index (χ4v) is 4.04. The highest BCUT2D eigenvalue weighted by Gasteiger charge is 2.36. The van der Waals surface area contributed by atoms with Crippen LogP contribution in [0.3, 0.4) is 0 Å². The lowest BCUT2D eigenvalue weighted by Gasteiger charge is -2.41. The van der Waals surface area contributed by atoms with Crippen molar-refractivity contribution in [2.24, 2.45) is 0 Å². The van der Waals surface area contributed by atoms with Crippen LogP contribution < -0.4 is 0 Å². The van der Waals surface area contributed by atoms with Crippen LogP contribution in [-0.4, -0.2) is 58.5 Å². The van der Waals surface area contributed by atoms with Crippen molar-refractivity contribution in [3.8, 4) is 0 Å². The number of aromatic nitrogens is 1. The molecule has 2 heterocycles. The number of nitrogens with zero attached hydrogens (tertiary/aromatic N) is 3. The maximum atomic E-state index is 13.4. The van der Waals surface area contributed by atoms with E-state index in [1.807, 2.05) is 68.3 Å². The maximum absolute atomic E-state index is 13.4. The third-order valence-electron chi connectivity index (χ3n) is 5.23. The van der Waals surface area contributed by atoms with E-state index in [1.54, 1.807) is 4.90 Å². The van der Waals surface area contributed by atoms with Crippen molar-refractivity contribution in [2.45, 2.75) is 38.9 Å². The number of carbonyl (C=O) groups is 2. The monoisotopic (exact) mass is 417 g/mol. The molecule has 2 aromatic rings. The normalized spacial score (nSPS) is 16.4. The summed E-state index contributed by atoms with van der Waals surface area (Å²) in [6.07, 6.45) is 2.02. The highest BCUT2D eigenvalue weighted by Crippen LogP contribution is 2.36. The van der Waals surface area contributed by atoms with Gasteiger partial charge in [-0.3, -0.25) is 9.59 Å². The zero-order valence-corrected chi connectivity index (χ0v) is 18.1. The Kier molecular flexibility index (Phi) is 6.34. The van der Waals surface area contributed by atoms with Gasteiger partial charge < -0.3 is 19.1 Å². The summed E-state index contributed by atoms with van der Waals surface area (Å²) in [5.74, 6) is -0.315. The smallest absolute Gasteiger partial charge is 0.249 e. The highest BCUT2D eigenvalue weighted by molar-refractivity contribution is 6.31. The van der Waals surface area contributed by atoms with Gasteiger partial charge in [0.25, 0.3) is 0 Å². The summed E-state index contributed by atoms with van der Waals surface area (Å²) in [7, 11) is 1.48. The Morgan fingerprint density at radius 3 is 2.55 bits per heavy atom. The molecule has 0 aliphatic carbocycles. The Hall–Kier alpha value is -2.31. The summed E-state index contributed by atoms with van der Waals surface area (Å²) >= 11 is 6.50. The zero-order valence-electron chi connectivity index (χ0n) is 17.4. The van der Waals surface area contributed by atoms with Gasteiger partial charge in [0, 0.05) is 42.7 Å². The van der Waals surface area contributed by atoms with Gasteiger partial charge in [-0.15, -0.1) is 0 Å². The maximum Gasteiger partial charge on any atom is 0.249 e. The minimum atomic E-state index is -0.499. The van der Waals surface area contributed by atoms with Crippen LogP contribution >= 0.6 is 11.6 Å². The predicted octanol–water partition coefficient (Wildman–Crippen LogP) is 3.35. The average Bonchev–Trinajstić information content (AvgIpc) is 3.13. The van der Waals surface area contributed by atoms with Crippen LogP contribution in [0.1, 0.15) is 38.1 Å². The van der Waals surface area contributed by atoms with Crippen molar-refractivity contribution < 1.29 is 14.3 Å². The topological polar surface area (TPSA) is 54.8 Å². The van der Waals surface area contributed by atoms with Gasteiger partial charge >= 0.3 is 0 Å². The minimum Gasteiger partial charge on any atom is -0.375 e. The van der Waals surface area contributed by atoms with Gasteiger partial charge in [-0.2, -0.15) is 0 Å². The highest BCUT2D eigenvalue weighted by atomic mass is 35.5. The number of hydrogen-bond acceptors (Lipinski definition) is 3. The molecule has 0 fully saturated rings. The van der Waals surface area contributed by atoms with Crippen molar-refractivity contribution in [3.63, 3.8) is 0 Å². The van der Waals surface area contributed by atoms with Gasteiger partial charge in [0.15, 0.2) is 0 Å². The fourth-order valence-electron chi connectivity index (χ4n) is 3.80. The van der Waals surface area contributed by atoms with E-state index < -0.39 is 5.54 Å². The molecule has 2 amide bonds. The summed E-state index contributed by atoms with van der Waals surface area (Å²) in [5.41, 5.74) is 1.40. The van der Waals surface area contributed by atoms with Crippen molar-refractivity contribution in [1.82, 2.24) is 14.4 Å². The first-order valence-corrected chi connectivity index (χ1v) is 10.1. The molecule has 3 rings (SSSR count). The summed E-state index contributed by atoms with van der Waals surface area (Å²) < 4.78 is 7.16. The van der Waals surface area contributed by atoms with Crippen molar-refractivity contribution in [3.05, 3.63) is 58.9 Å². The second kappa shape index (κ2) is 8.59. The first kappa shape index (κ1) is 21.4. The molecule has 0 spiro atoms. The molecule has 1 aliphatic heterocycles. The second-order valence-electron chi connectivity index (χ2n) is 8.22. The van der Waals surface area contributed by atoms with E-state index in [0.717, 1.165) is 11.3 Å². The summed E-state index contributed by atoms with van der Waals surface area (Å²) in [6, 6.07) is 11.3. The van der Waals surface area contributed by atoms with Gasteiger partial charge in [0.1, 0.15) is 13.2 Å². The summed E-state index contributed by atoms with van der Waals surface area (Å²) in [6.45, 7) is 6.94.